The van der Waals surface area contributed by atoms with E-state index in [4.69, 9.17) is 0 Å². The van der Waals surface area contributed by atoms with E-state index in [0.29, 0.717) is 11.3 Å². The minimum absolute atomic E-state index is 0.00318. The van der Waals surface area contributed by atoms with Gasteiger partial charge in [0.1, 0.15) is 0 Å². The van der Waals surface area contributed by atoms with Gasteiger partial charge in [-0.1, -0.05) is 0 Å². The fourth-order valence-corrected chi connectivity index (χ4v) is 5.82. The van der Waals surface area contributed by atoms with E-state index in [9.17, 15) is 23.2 Å². The SMILES string of the molecule is Cc1cc2c(cc1C(=O)N(C(C)C)[C@@H]1CCCNC1)N(CCNC(=O)C(F)F)C(=O)C(C)(C)S2. The van der Waals surface area contributed by atoms with Crippen molar-refractivity contribution in [3.05, 3.63) is 23.3 Å². The number of benzene rings is 1. The number of amides is 3. The first-order valence-electron chi connectivity index (χ1n) is 11.7. The Balaban J connectivity index is 1.95. The van der Waals surface area contributed by atoms with E-state index in [2.05, 4.69) is 10.6 Å². The van der Waals surface area contributed by atoms with Gasteiger partial charge in [0, 0.05) is 42.2 Å². The zero-order valence-electron chi connectivity index (χ0n) is 20.4. The average molecular weight is 497 g/mol. The van der Waals surface area contributed by atoms with E-state index in [1.807, 2.05) is 31.7 Å². The van der Waals surface area contributed by atoms with Crippen molar-refractivity contribution in [1.82, 2.24) is 15.5 Å². The summed E-state index contributed by atoms with van der Waals surface area (Å²) in [5, 5.41) is 5.53. The van der Waals surface area contributed by atoms with Crippen molar-refractivity contribution in [3.8, 4) is 0 Å². The molecule has 0 aliphatic carbocycles. The number of fused-ring (bicyclic) bond motifs is 1. The molecule has 0 bridgehead atoms. The molecule has 0 spiro atoms. The second-order valence-corrected chi connectivity index (χ2v) is 11.3. The molecule has 0 unspecified atom stereocenters. The molecule has 1 atom stereocenters. The number of anilines is 1. The number of carbonyl (C=O) groups excluding carboxylic acids is 3. The molecule has 10 heteroatoms. The Labute approximate surface area is 204 Å². The van der Waals surface area contributed by atoms with Crippen molar-refractivity contribution in [3.63, 3.8) is 0 Å². The summed E-state index contributed by atoms with van der Waals surface area (Å²) in [5.41, 5.74) is 1.91. The first-order chi connectivity index (χ1) is 15.9. The molecule has 1 aromatic rings. The van der Waals surface area contributed by atoms with Crippen LogP contribution < -0.4 is 15.5 Å². The van der Waals surface area contributed by atoms with Gasteiger partial charge < -0.3 is 20.4 Å². The van der Waals surface area contributed by atoms with Gasteiger partial charge in [-0.3, -0.25) is 14.4 Å². The molecule has 0 radical (unpaired) electrons. The van der Waals surface area contributed by atoms with Crippen molar-refractivity contribution < 1.29 is 23.2 Å². The smallest absolute Gasteiger partial charge is 0.315 e. The van der Waals surface area contributed by atoms with Crippen LogP contribution in [0.15, 0.2) is 17.0 Å². The molecule has 3 rings (SSSR count). The number of hydrogen-bond acceptors (Lipinski definition) is 5. The molecule has 2 aliphatic rings. The first-order valence-corrected chi connectivity index (χ1v) is 12.5. The van der Waals surface area contributed by atoms with Crippen LogP contribution in [0.2, 0.25) is 0 Å². The second kappa shape index (κ2) is 10.6. The number of nitrogens with zero attached hydrogens (tertiary/aromatic N) is 2. The Morgan fingerprint density at radius 2 is 2.03 bits per heavy atom. The van der Waals surface area contributed by atoms with Crippen molar-refractivity contribution in [2.45, 2.75) is 75.6 Å². The lowest BCUT2D eigenvalue weighted by atomic mass is 9.99. The van der Waals surface area contributed by atoms with Crippen LogP contribution in [0.4, 0.5) is 14.5 Å². The van der Waals surface area contributed by atoms with Gasteiger partial charge in [-0.05, 0) is 71.7 Å². The highest BCUT2D eigenvalue weighted by molar-refractivity contribution is 8.01. The van der Waals surface area contributed by atoms with E-state index >= 15 is 0 Å². The standard InChI is InChI=1S/C24H34F2N4O3S/c1-14(2)30(16-7-6-8-27-13-16)22(32)17-12-18-19(11-15(17)3)34-24(4,5)23(33)29(18)10-9-28-21(31)20(25)26/h11-12,14,16,20,27H,6-10,13H2,1-5H3,(H,28,31)/t16-/m1/s1. The lowest BCUT2D eigenvalue weighted by Gasteiger charge is -2.40. The third-order valence-corrected chi connectivity index (χ3v) is 7.47. The predicted octanol–water partition coefficient (Wildman–Crippen LogP) is 3.20. The molecule has 0 aromatic heterocycles. The van der Waals surface area contributed by atoms with Gasteiger partial charge in [0.15, 0.2) is 0 Å². The van der Waals surface area contributed by atoms with E-state index in [-0.39, 0.29) is 37.0 Å². The van der Waals surface area contributed by atoms with Crippen LogP contribution in [0.25, 0.3) is 0 Å². The maximum Gasteiger partial charge on any atom is 0.315 e. The number of hydrogen-bond donors (Lipinski definition) is 2. The molecule has 34 heavy (non-hydrogen) atoms. The number of nitrogens with one attached hydrogen (secondary N) is 2. The summed E-state index contributed by atoms with van der Waals surface area (Å²) in [6, 6.07) is 3.76. The maximum absolute atomic E-state index is 13.7. The van der Waals surface area contributed by atoms with E-state index < -0.39 is 17.1 Å². The zero-order valence-corrected chi connectivity index (χ0v) is 21.2. The predicted molar refractivity (Wildman–Crippen MR) is 130 cm³/mol. The molecule has 2 N–H and O–H groups in total. The molecule has 1 saturated heterocycles. The zero-order chi connectivity index (χ0) is 25.2. The second-order valence-electron chi connectivity index (χ2n) is 9.60. The summed E-state index contributed by atoms with van der Waals surface area (Å²) >= 11 is 1.41. The summed E-state index contributed by atoms with van der Waals surface area (Å²) in [7, 11) is 0. The molecule has 188 valence electrons. The maximum atomic E-state index is 13.7. The third-order valence-electron chi connectivity index (χ3n) is 6.24. The van der Waals surface area contributed by atoms with Crippen LogP contribution in [0.3, 0.4) is 0 Å². The van der Waals surface area contributed by atoms with Gasteiger partial charge in [0.05, 0.1) is 10.4 Å². The van der Waals surface area contributed by atoms with Gasteiger partial charge >= 0.3 is 6.43 Å². The van der Waals surface area contributed by atoms with E-state index in [1.165, 1.54) is 16.7 Å². The number of alkyl halides is 2. The van der Waals surface area contributed by atoms with E-state index in [0.717, 1.165) is 36.4 Å². The van der Waals surface area contributed by atoms with Crippen LogP contribution in [0.1, 0.15) is 56.5 Å². The Kier molecular flexibility index (Phi) is 8.23. The Morgan fingerprint density at radius 3 is 2.62 bits per heavy atom. The highest BCUT2D eigenvalue weighted by atomic mass is 32.2. The Hall–Kier alpha value is -2.20. The summed E-state index contributed by atoms with van der Waals surface area (Å²) in [4.78, 5) is 42.5. The largest absolute Gasteiger partial charge is 0.349 e. The van der Waals surface area contributed by atoms with Gasteiger partial charge in [-0.25, -0.2) is 0 Å². The van der Waals surface area contributed by atoms with Crippen molar-refractivity contribution in [2.75, 3.05) is 31.1 Å². The number of thioether (sulfide) groups is 1. The summed E-state index contributed by atoms with van der Waals surface area (Å²) in [6.07, 6.45) is -1.18. The molecular formula is C24H34F2N4O3S. The van der Waals surface area contributed by atoms with Gasteiger partial charge in [0.25, 0.3) is 11.8 Å². The van der Waals surface area contributed by atoms with Crippen molar-refractivity contribution in [1.29, 1.82) is 0 Å². The quantitative estimate of drug-likeness (QED) is 0.606. The van der Waals surface area contributed by atoms with Gasteiger partial charge in [0.2, 0.25) is 5.91 Å². The lowest BCUT2D eigenvalue weighted by molar-refractivity contribution is -0.131. The lowest BCUT2D eigenvalue weighted by Crippen LogP contribution is -2.52. The molecule has 1 fully saturated rings. The number of piperidine rings is 1. The van der Waals surface area contributed by atoms with Gasteiger partial charge in [-0.15, -0.1) is 11.8 Å². The molecule has 7 nitrogen and oxygen atoms in total. The highest BCUT2D eigenvalue weighted by Crippen LogP contribution is 2.46. The molecule has 3 amide bonds. The Morgan fingerprint density at radius 1 is 1.32 bits per heavy atom. The number of carbonyl (C=O) groups is 3. The minimum atomic E-state index is -3.11. The molecule has 2 aliphatic heterocycles. The number of rotatable bonds is 7. The highest BCUT2D eigenvalue weighted by Gasteiger charge is 2.41. The van der Waals surface area contributed by atoms with Crippen LogP contribution >= 0.6 is 11.8 Å². The minimum Gasteiger partial charge on any atom is -0.349 e. The van der Waals surface area contributed by atoms with Crippen LogP contribution in [-0.2, 0) is 9.59 Å². The monoisotopic (exact) mass is 496 g/mol. The normalized spacial score (nSPS) is 19.9. The third kappa shape index (κ3) is 5.54. The summed E-state index contributed by atoms with van der Waals surface area (Å²) < 4.78 is 24.4. The van der Waals surface area contributed by atoms with E-state index in [1.54, 1.807) is 19.9 Å². The average Bonchev–Trinajstić information content (AvgIpc) is 2.76. The fourth-order valence-electron chi connectivity index (χ4n) is 4.57. The van der Waals surface area contributed by atoms with Crippen molar-refractivity contribution >= 4 is 35.2 Å². The molecule has 0 saturated carbocycles. The first kappa shape index (κ1) is 26.4. The Bertz CT molecular complexity index is 948. The molecule has 2 heterocycles. The van der Waals surface area contributed by atoms with Gasteiger partial charge in [-0.2, -0.15) is 8.78 Å². The van der Waals surface area contributed by atoms with Crippen LogP contribution in [-0.4, -0.2) is 72.1 Å². The molecular weight excluding hydrogens is 462 g/mol. The topological polar surface area (TPSA) is 81.8 Å². The summed E-state index contributed by atoms with van der Waals surface area (Å²) in [5.74, 6) is -1.65. The fraction of sp³-hybridized carbons (Fsp3) is 0.625. The number of aryl methyl sites for hydroxylation is 1. The van der Waals surface area contributed by atoms with Crippen molar-refractivity contribution in [2.24, 2.45) is 0 Å². The van der Waals surface area contributed by atoms with Crippen LogP contribution in [0, 0.1) is 6.92 Å². The van der Waals surface area contributed by atoms with Crippen LogP contribution in [0.5, 0.6) is 0 Å². The molecule has 1 aromatic carbocycles. The number of halogens is 2. The summed E-state index contributed by atoms with van der Waals surface area (Å²) in [6.45, 7) is 11.1.